The highest BCUT2D eigenvalue weighted by molar-refractivity contribution is 9.10. The third kappa shape index (κ3) is 3.50. The van der Waals surface area contributed by atoms with E-state index in [0.29, 0.717) is 6.04 Å². The lowest BCUT2D eigenvalue weighted by atomic mass is 10.1. The highest BCUT2D eigenvalue weighted by Gasteiger charge is 2.12. The molecule has 1 atom stereocenters. The van der Waals surface area contributed by atoms with E-state index in [1.54, 1.807) is 0 Å². The molecular formula is C12H16BrNO. The van der Waals surface area contributed by atoms with Gasteiger partial charge in [-0.2, -0.15) is 0 Å². The number of hydrogen-bond acceptors (Lipinski definition) is 2. The number of rotatable bonds is 3. The van der Waals surface area contributed by atoms with Crippen molar-refractivity contribution in [2.75, 3.05) is 13.2 Å². The molecule has 2 rings (SSSR count). The minimum absolute atomic E-state index is 0.530. The molecule has 0 aromatic heterocycles. The van der Waals surface area contributed by atoms with E-state index >= 15 is 0 Å². The first-order chi connectivity index (χ1) is 7.34. The number of hydrogen-bond donors (Lipinski definition) is 1. The standard InChI is InChI=1S/C12H16BrNO/c13-10-4-6-12(7-5-10)15-9-11-3-1-2-8-14-11/h4-7,11,14H,1-3,8-9H2. The largest absolute Gasteiger partial charge is 0.492 e. The second kappa shape index (κ2) is 5.52. The van der Waals surface area contributed by atoms with Crippen LogP contribution in [0.1, 0.15) is 19.3 Å². The van der Waals surface area contributed by atoms with Crippen molar-refractivity contribution in [2.24, 2.45) is 0 Å². The summed E-state index contributed by atoms with van der Waals surface area (Å²) in [6.45, 7) is 1.91. The monoisotopic (exact) mass is 269 g/mol. The molecule has 0 spiro atoms. The van der Waals surface area contributed by atoms with Gasteiger partial charge >= 0.3 is 0 Å². The topological polar surface area (TPSA) is 21.3 Å². The smallest absolute Gasteiger partial charge is 0.119 e. The first-order valence-corrected chi connectivity index (χ1v) is 6.25. The van der Waals surface area contributed by atoms with E-state index in [0.717, 1.165) is 23.4 Å². The molecular weight excluding hydrogens is 254 g/mol. The van der Waals surface area contributed by atoms with Gasteiger partial charge in [0, 0.05) is 10.5 Å². The fourth-order valence-electron chi connectivity index (χ4n) is 1.79. The number of halogens is 1. The highest BCUT2D eigenvalue weighted by Crippen LogP contribution is 2.17. The molecule has 82 valence electrons. The second-order valence-electron chi connectivity index (χ2n) is 3.91. The van der Waals surface area contributed by atoms with E-state index < -0.39 is 0 Å². The maximum absolute atomic E-state index is 5.72. The van der Waals surface area contributed by atoms with Crippen molar-refractivity contribution in [3.8, 4) is 5.75 Å². The van der Waals surface area contributed by atoms with Gasteiger partial charge in [-0.3, -0.25) is 0 Å². The number of piperidine rings is 1. The first kappa shape index (κ1) is 11.0. The Labute approximate surface area is 99.1 Å². The minimum Gasteiger partial charge on any atom is -0.492 e. The number of benzene rings is 1. The lowest BCUT2D eigenvalue weighted by Crippen LogP contribution is -2.38. The number of nitrogens with one attached hydrogen (secondary N) is 1. The van der Waals surface area contributed by atoms with Crippen molar-refractivity contribution in [1.29, 1.82) is 0 Å². The summed E-state index contributed by atoms with van der Waals surface area (Å²) in [5.74, 6) is 0.950. The summed E-state index contributed by atoms with van der Waals surface area (Å²) in [6.07, 6.45) is 3.85. The van der Waals surface area contributed by atoms with E-state index in [4.69, 9.17) is 4.74 Å². The SMILES string of the molecule is Brc1ccc(OCC2CCCCN2)cc1. The van der Waals surface area contributed by atoms with E-state index in [-0.39, 0.29) is 0 Å². The van der Waals surface area contributed by atoms with Crippen molar-refractivity contribution in [3.05, 3.63) is 28.7 Å². The van der Waals surface area contributed by atoms with Crippen LogP contribution in [0.25, 0.3) is 0 Å². The Kier molecular flexibility index (Phi) is 4.03. The Morgan fingerprint density at radius 2 is 2.07 bits per heavy atom. The molecule has 1 N–H and O–H groups in total. The molecule has 0 saturated carbocycles. The Bertz CT molecular complexity index is 293. The molecule has 1 unspecified atom stereocenters. The van der Waals surface area contributed by atoms with Gasteiger partial charge in [0.25, 0.3) is 0 Å². The Balaban J connectivity index is 1.79. The van der Waals surface area contributed by atoms with Crippen molar-refractivity contribution in [2.45, 2.75) is 25.3 Å². The van der Waals surface area contributed by atoms with Crippen LogP contribution in [-0.2, 0) is 0 Å². The molecule has 1 fully saturated rings. The molecule has 0 radical (unpaired) electrons. The summed E-state index contributed by atoms with van der Waals surface area (Å²) < 4.78 is 6.81. The third-order valence-electron chi connectivity index (χ3n) is 2.68. The van der Waals surface area contributed by atoms with Crippen LogP contribution < -0.4 is 10.1 Å². The first-order valence-electron chi connectivity index (χ1n) is 5.46. The van der Waals surface area contributed by atoms with Gasteiger partial charge in [-0.15, -0.1) is 0 Å². The summed E-state index contributed by atoms with van der Waals surface area (Å²) in [4.78, 5) is 0. The Hall–Kier alpha value is -0.540. The van der Waals surface area contributed by atoms with Crippen LogP contribution in [0, 0.1) is 0 Å². The van der Waals surface area contributed by atoms with Crippen LogP contribution in [0.5, 0.6) is 5.75 Å². The highest BCUT2D eigenvalue weighted by atomic mass is 79.9. The number of ether oxygens (including phenoxy) is 1. The second-order valence-corrected chi connectivity index (χ2v) is 4.83. The van der Waals surface area contributed by atoms with Crippen LogP contribution in [-0.4, -0.2) is 19.2 Å². The molecule has 0 bridgehead atoms. The van der Waals surface area contributed by atoms with Crippen LogP contribution >= 0.6 is 15.9 Å². The van der Waals surface area contributed by atoms with Crippen LogP contribution in [0.2, 0.25) is 0 Å². The average molecular weight is 270 g/mol. The fraction of sp³-hybridized carbons (Fsp3) is 0.500. The minimum atomic E-state index is 0.530. The Morgan fingerprint density at radius 1 is 1.27 bits per heavy atom. The van der Waals surface area contributed by atoms with E-state index in [2.05, 4.69) is 21.2 Å². The molecule has 1 aliphatic heterocycles. The molecule has 15 heavy (non-hydrogen) atoms. The van der Waals surface area contributed by atoms with Crippen molar-refractivity contribution >= 4 is 15.9 Å². The van der Waals surface area contributed by atoms with Gasteiger partial charge in [0.2, 0.25) is 0 Å². The average Bonchev–Trinajstić information content (AvgIpc) is 2.30. The zero-order valence-corrected chi connectivity index (χ0v) is 10.3. The van der Waals surface area contributed by atoms with Gasteiger partial charge in [0.15, 0.2) is 0 Å². The summed E-state index contributed by atoms with van der Waals surface area (Å²) in [6, 6.07) is 8.52. The predicted molar refractivity (Wildman–Crippen MR) is 65.3 cm³/mol. The van der Waals surface area contributed by atoms with Crippen molar-refractivity contribution < 1.29 is 4.74 Å². The quantitative estimate of drug-likeness (QED) is 0.911. The zero-order chi connectivity index (χ0) is 10.5. The summed E-state index contributed by atoms with van der Waals surface area (Å²) in [5.41, 5.74) is 0. The Morgan fingerprint density at radius 3 is 2.73 bits per heavy atom. The molecule has 2 nitrogen and oxygen atoms in total. The van der Waals surface area contributed by atoms with Gasteiger partial charge in [0.05, 0.1) is 0 Å². The van der Waals surface area contributed by atoms with Gasteiger partial charge < -0.3 is 10.1 Å². The van der Waals surface area contributed by atoms with E-state index in [1.165, 1.54) is 19.3 Å². The lowest BCUT2D eigenvalue weighted by molar-refractivity contribution is 0.239. The third-order valence-corrected chi connectivity index (χ3v) is 3.21. The zero-order valence-electron chi connectivity index (χ0n) is 8.71. The molecule has 1 aromatic rings. The predicted octanol–water partition coefficient (Wildman–Crippen LogP) is 2.97. The van der Waals surface area contributed by atoms with Gasteiger partial charge in [-0.05, 0) is 43.7 Å². The molecule has 1 aromatic carbocycles. The van der Waals surface area contributed by atoms with Crippen LogP contribution in [0.3, 0.4) is 0 Å². The fourth-order valence-corrected chi connectivity index (χ4v) is 2.06. The van der Waals surface area contributed by atoms with E-state index in [9.17, 15) is 0 Å². The lowest BCUT2D eigenvalue weighted by Gasteiger charge is -2.23. The molecule has 0 aliphatic carbocycles. The summed E-state index contributed by atoms with van der Waals surface area (Å²) in [5, 5.41) is 3.47. The normalized spacial score (nSPS) is 21.3. The molecule has 0 amide bonds. The maximum atomic E-state index is 5.72. The maximum Gasteiger partial charge on any atom is 0.119 e. The van der Waals surface area contributed by atoms with Crippen molar-refractivity contribution in [3.63, 3.8) is 0 Å². The molecule has 1 aliphatic rings. The van der Waals surface area contributed by atoms with Gasteiger partial charge in [-0.1, -0.05) is 22.4 Å². The van der Waals surface area contributed by atoms with Gasteiger partial charge in [-0.25, -0.2) is 0 Å². The summed E-state index contributed by atoms with van der Waals surface area (Å²) in [7, 11) is 0. The molecule has 3 heteroatoms. The summed E-state index contributed by atoms with van der Waals surface area (Å²) >= 11 is 3.41. The molecule has 1 saturated heterocycles. The molecule has 1 heterocycles. The van der Waals surface area contributed by atoms with Crippen LogP contribution in [0.15, 0.2) is 28.7 Å². The van der Waals surface area contributed by atoms with E-state index in [1.807, 2.05) is 24.3 Å². The van der Waals surface area contributed by atoms with Crippen molar-refractivity contribution in [1.82, 2.24) is 5.32 Å². The van der Waals surface area contributed by atoms with Gasteiger partial charge in [0.1, 0.15) is 12.4 Å². The van der Waals surface area contributed by atoms with Crippen LogP contribution in [0.4, 0.5) is 0 Å².